The molecule has 0 bridgehead atoms. The van der Waals surface area contributed by atoms with E-state index in [0.29, 0.717) is 28.9 Å². The number of hydrogen-bond acceptors (Lipinski definition) is 3. The Labute approximate surface area is 121 Å². The minimum absolute atomic E-state index is 0.288. The third-order valence-electron chi connectivity index (χ3n) is 3.67. The first-order valence-electron chi connectivity index (χ1n) is 6.40. The summed E-state index contributed by atoms with van der Waals surface area (Å²) in [4.78, 5) is 16.3. The molecular formula is C14H16BrN3O. The number of nitrogens with zero attached hydrogens (tertiary/aromatic N) is 2. The maximum atomic E-state index is 12.2. The van der Waals surface area contributed by atoms with E-state index >= 15 is 0 Å². The lowest BCUT2D eigenvalue weighted by Gasteiger charge is -2.34. The van der Waals surface area contributed by atoms with Gasteiger partial charge in [0, 0.05) is 10.7 Å². The number of nitriles is 1. The van der Waals surface area contributed by atoms with Crippen LogP contribution >= 0.6 is 15.9 Å². The van der Waals surface area contributed by atoms with Crippen molar-refractivity contribution in [2.75, 3.05) is 0 Å². The molecule has 0 unspecified atom stereocenters. The summed E-state index contributed by atoms with van der Waals surface area (Å²) in [7, 11) is 0. The van der Waals surface area contributed by atoms with Gasteiger partial charge >= 0.3 is 0 Å². The molecule has 100 valence electrons. The Bertz CT molecular complexity index is 516. The summed E-state index contributed by atoms with van der Waals surface area (Å²) < 4.78 is 0.643. The predicted octanol–water partition coefficient (Wildman–Crippen LogP) is 3.05. The van der Waals surface area contributed by atoms with E-state index in [1.807, 2.05) is 0 Å². The SMILES string of the molecule is CC1CCC(C#N)(NC(=O)c2ncccc2Br)CC1. The Morgan fingerprint density at radius 1 is 1.58 bits per heavy atom. The minimum atomic E-state index is -0.736. The van der Waals surface area contributed by atoms with Gasteiger partial charge in [-0.25, -0.2) is 4.98 Å². The highest BCUT2D eigenvalue weighted by molar-refractivity contribution is 9.10. The topological polar surface area (TPSA) is 65.8 Å². The second-order valence-corrected chi connectivity index (χ2v) is 6.02. The zero-order valence-electron chi connectivity index (χ0n) is 10.8. The van der Waals surface area contributed by atoms with Crippen LogP contribution in [0.1, 0.15) is 43.1 Å². The van der Waals surface area contributed by atoms with Gasteiger partial charge in [0.05, 0.1) is 6.07 Å². The van der Waals surface area contributed by atoms with Crippen LogP contribution in [0.25, 0.3) is 0 Å². The number of hydrogen-bond donors (Lipinski definition) is 1. The molecule has 0 atom stereocenters. The summed E-state index contributed by atoms with van der Waals surface area (Å²) in [6.07, 6.45) is 4.93. The van der Waals surface area contributed by atoms with Gasteiger partial charge in [-0.05, 0) is 59.7 Å². The van der Waals surface area contributed by atoms with Crippen molar-refractivity contribution in [1.29, 1.82) is 5.26 Å². The molecule has 0 aromatic carbocycles. The van der Waals surface area contributed by atoms with E-state index in [1.54, 1.807) is 18.3 Å². The fourth-order valence-electron chi connectivity index (χ4n) is 2.35. The van der Waals surface area contributed by atoms with Crippen molar-refractivity contribution < 1.29 is 4.79 Å². The smallest absolute Gasteiger partial charge is 0.272 e. The number of carbonyl (C=O) groups excluding carboxylic acids is 1. The van der Waals surface area contributed by atoms with Crippen molar-refractivity contribution in [3.05, 3.63) is 28.5 Å². The number of nitrogens with one attached hydrogen (secondary N) is 1. The third-order valence-corrected chi connectivity index (χ3v) is 4.31. The molecule has 1 aromatic rings. The van der Waals surface area contributed by atoms with Crippen LogP contribution in [0.5, 0.6) is 0 Å². The van der Waals surface area contributed by atoms with Crippen LogP contribution in [-0.2, 0) is 0 Å². The Balaban J connectivity index is 2.14. The van der Waals surface area contributed by atoms with Gasteiger partial charge in [-0.15, -0.1) is 0 Å². The number of pyridine rings is 1. The lowest BCUT2D eigenvalue weighted by Crippen LogP contribution is -2.49. The molecule has 1 amide bonds. The van der Waals surface area contributed by atoms with Gasteiger partial charge < -0.3 is 5.32 Å². The van der Waals surface area contributed by atoms with E-state index < -0.39 is 5.54 Å². The molecule has 1 fully saturated rings. The molecule has 5 heteroatoms. The van der Waals surface area contributed by atoms with Gasteiger partial charge in [-0.2, -0.15) is 5.26 Å². The van der Waals surface area contributed by atoms with Gasteiger partial charge in [0.15, 0.2) is 0 Å². The number of aromatic nitrogens is 1. The molecule has 0 radical (unpaired) electrons. The highest BCUT2D eigenvalue weighted by Crippen LogP contribution is 2.31. The van der Waals surface area contributed by atoms with Crippen molar-refractivity contribution in [3.8, 4) is 6.07 Å². The van der Waals surface area contributed by atoms with Crippen molar-refractivity contribution in [2.45, 2.75) is 38.1 Å². The van der Waals surface area contributed by atoms with E-state index in [2.05, 4.69) is 39.2 Å². The van der Waals surface area contributed by atoms with Crippen LogP contribution in [-0.4, -0.2) is 16.4 Å². The first-order valence-corrected chi connectivity index (χ1v) is 7.20. The van der Waals surface area contributed by atoms with E-state index in [9.17, 15) is 10.1 Å². The lowest BCUT2D eigenvalue weighted by molar-refractivity contribution is 0.0888. The average molecular weight is 322 g/mol. The molecule has 0 spiro atoms. The monoisotopic (exact) mass is 321 g/mol. The van der Waals surface area contributed by atoms with Gasteiger partial charge in [-0.3, -0.25) is 4.79 Å². The number of rotatable bonds is 2. The Kier molecular flexibility index (Phi) is 4.20. The van der Waals surface area contributed by atoms with E-state index in [1.165, 1.54) is 0 Å². The molecule has 1 heterocycles. The van der Waals surface area contributed by atoms with E-state index in [4.69, 9.17) is 0 Å². The van der Waals surface area contributed by atoms with Crippen molar-refractivity contribution in [2.24, 2.45) is 5.92 Å². The van der Waals surface area contributed by atoms with Gasteiger partial charge in [0.1, 0.15) is 11.2 Å². The average Bonchev–Trinajstić information content (AvgIpc) is 2.42. The molecule has 1 saturated carbocycles. The lowest BCUT2D eigenvalue weighted by atomic mass is 9.78. The summed E-state index contributed by atoms with van der Waals surface area (Å²) >= 11 is 3.30. The molecule has 1 aliphatic carbocycles. The molecule has 19 heavy (non-hydrogen) atoms. The van der Waals surface area contributed by atoms with Crippen LogP contribution in [0, 0.1) is 17.2 Å². The fraction of sp³-hybridized carbons (Fsp3) is 0.500. The summed E-state index contributed by atoms with van der Waals surface area (Å²) in [6, 6.07) is 5.80. The first kappa shape index (κ1) is 14.0. The van der Waals surface area contributed by atoms with E-state index in [-0.39, 0.29) is 5.91 Å². The highest BCUT2D eigenvalue weighted by Gasteiger charge is 2.36. The normalized spacial score (nSPS) is 26.5. The molecule has 1 N–H and O–H groups in total. The van der Waals surface area contributed by atoms with Gasteiger partial charge in [-0.1, -0.05) is 6.92 Å². The molecule has 0 aliphatic heterocycles. The standard InChI is InChI=1S/C14H16BrN3O/c1-10-4-6-14(9-16,7-5-10)18-13(19)12-11(15)3-2-8-17-12/h2-3,8,10H,4-7H2,1H3,(H,18,19). The fourth-order valence-corrected chi connectivity index (χ4v) is 2.78. The minimum Gasteiger partial charge on any atom is -0.332 e. The molecule has 2 rings (SSSR count). The summed E-state index contributed by atoms with van der Waals surface area (Å²) in [5, 5.41) is 12.3. The van der Waals surface area contributed by atoms with E-state index in [0.717, 1.165) is 12.8 Å². The molecule has 1 aliphatic rings. The molecular weight excluding hydrogens is 306 g/mol. The van der Waals surface area contributed by atoms with Crippen LogP contribution in [0.2, 0.25) is 0 Å². The van der Waals surface area contributed by atoms with Gasteiger partial charge in [0.25, 0.3) is 5.91 Å². The maximum absolute atomic E-state index is 12.2. The Morgan fingerprint density at radius 2 is 2.26 bits per heavy atom. The zero-order chi connectivity index (χ0) is 13.9. The van der Waals surface area contributed by atoms with Crippen molar-refractivity contribution >= 4 is 21.8 Å². The zero-order valence-corrected chi connectivity index (χ0v) is 12.4. The van der Waals surface area contributed by atoms with Crippen LogP contribution < -0.4 is 5.32 Å². The highest BCUT2D eigenvalue weighted by atomic mass is 79.9. The largest absolute Gasteiger partial charge is 0.332 e. The maximum Gasteiger partial charge on any atom is 0.272 e. The molecule has 4 nitrogen and oxygen atoms in total. The number of carbonyl (C=O) groups is 1. The van der Waals surface area contributed by atoms with Gasteiger partial charge in [0.2, 0.25) is 0 Å². The summed E-state index contributed by atoms with van der Waals surface area (Å²) in [6.45, 7) is 2.18. The Hall–Kier alpha value is -1.41. The van der Waals surface area contributed by atoms with Crippen LogP contribution in [0.4, 0.5) is 0 Å². The van der Waals surface area contributed by atoms with Crippen LogP contribution in [0.3, 0.4) is 0 Å². The van der Waals surface area contributed by atoms with Crippen molar-refractivity contribution in [1.82, 2.24) is 10.3 Å². The second-order valence-electron chi connectivity index (χ2n) is 5.16. The predicted molar refractivity (Wildman–Crippen MR) is 75.4 cm³/mol. The quantitative estimate of drug-likeness (QED) is 0.910. The Morgan fingerprint density at radius 3 is 2.84 bits per heavy atom. The molecule has 0 saturated heterocycles. The number of amides is 1. The number of halogens is 1. The van der Waals surface area contributed by atoms with Crippen LogP contribution in [0.15, 0.2) is 22.8 Å². The third kappa shape index (κ3) is 3.13. The summed E-state index contributed by atoms with van der Waals surface area (Å²) in [5.41, 5.74) is -0.406. The summed E-state index contributed by atoms with van der Waals surface area (Å²) in [5.74, 6) is 0.337. The second kappa shape index (κ2) is 5.70. The first-order chi connectivity index (χ1) is 9.06. The van der Waals surface area contributed by atoms with Crippen molar-refractivity contribution in [3.63, 3.8) is 0 Å². The molecule has 1 aromatic heterocycles.